The summed E-state index contributed by atoms with van der Waals surface area (Å²) in [5.41, 5.74) is 4.13. The number of ether oxygens (including phenoxy) is 1. The smallest absolute Gasteiger partial charge is 0.211 e. The molecule has 2 aromatic carbocycles. The molecule has 0 spiro atoms. The van der Waals surface area contributed by atoms with Crippen molar-refractivity contribution in [1.82, 2.24) is 5.32 Å². The summed E-state index contributed by atoms with van der Waals surface area (Å²) in [6.07, 6.45) is 6.25. The molecule has 2 aliphatic rings. The second-order valence-electron chi connectivity index (χ2n) is 9.12. The summed E-state index contributed by atoms with van der Waals surface area (Å²) in [6, 6.07) is 15.0. The SMILES string of the molecule is CCC(CCCOc1ccc2c(c1)C(C1(c3ccc(Cl)cc3)CCC1)NCC2)S(N)(=O)=O. The van der Waals surface area contributed by atoms with E-state index in [1.165, 1.54) is 23.1 Å². The summed E-state index contributed by atoms with van der Waals surface area (Å²) in [4.78, 5) is 0. The molecule has 1 fully saturated rings. The number of sulfonamides is 1. The van der Waals surface area contributed by atoms with Gasteiger partial charge in [0, 0.05) is 16.5 Å². The van der Waals surface area contributed by atoms with Gasteiger partial charge in [-0.05, 0) is 86.0 Å². The standard InChI is InChI=1S/C25H33ClN2O3S/c1-2-22(32(27,29)30)5-3-16-31-21-11-6-18-12-15-28-24(23(18)17-21)25(13-4-14-25)19-7-9-20(26)10-8-19/h6-11,17,22,24,28H,2-5,12-16H2,1H3,(H2,27,29,30). The predicted octanol–water partition coefficient (Wildman–Crippen LogP) is 4.87. The molecule has 0 bridgehead atoms. The van der Waals surface area contributed by atoms with Gasteiger partial charge in [0.2, 0.25) is 10.0 Å². The van der Waals surface area contributed by atoms with Crippen molar-refractivity contribution in [2.75, 3.05) is 13.2 Å². The molecule has 0 radical (unpaired) electrons. The molecule has 0 amide bonds. The Morgan fingerprint density at radius 1 is 1.22 bits per heavy atom. The number of halogens is 1. The Morgan fingerprint density at radius 2 is 1.97 bits per heavy atom. The van der Waals surface area contributed by atoms with Crippen molar-refractivity contribution < 1.29 is 13.2 Å². The monoisotopic (exact) mass is 476 g/mol. The first kappa shape index (κ1) is 23.6. The lowest BCUT2D eigenvalue weighted by molar-refractivity contribution is 0.164. The van der Waals surface area contributed by atoms with Crippen LogP contribution in [0.4, 0.5) is 0 Å². The number of primary sulfonamides is 1. The third-order valence-electron chi connectivity index (χ3n) is 7.25. The molecule has 174 valence electrons. The Hall–Kier alpha value is -1.60. The number of fused-ring (bicyclic) bond motifs is 1. The van der Waals surface area contributed by atoms with Crippen molar-refractivity contribution in [1.29, 1.82) is 0 Å². The van der Waals surface area contributed by atoms with Crippen LogP contribution in [0, 0.1) is 0 Å². The number of hydrogen-bond donors (Lipinski definition) is 2. The Bertz CT molecular complexity index is 1040. The molecule has 2 aromatic rings. The minimum Gasteiger partial charge on any atom is -0.494 e. The molecule has 7 heteroatoms. The van der Waals surface area contributed by atoms with E-state index >= 15 is 0 Å². The fraction of sp³-hybridized carbons (Fsp3) is 0.520. The fourth-order valence-electron chi connectivity index (χ4n) is 5.30. The van der Waals surface area contributed by atoms with Gasteiger partial charge in [0.15, 0.2) is 0 Å². The van der Waals surface area contributed by atoms with E-state index in [1.807, 2.05) is 25.1 Å². The molecule has 0 saturated heterocycles. The summed E-state index contributed by atoms with van der Waals surface area (Å²) >= 11 is 6.15. The van der Waals surface area contributed by atoms with Crippen molar-refractivity contribution in [3.05, 3.63) is 64.2 Å². The first-order valence-electron chi connectivity index (χ1n) is 11.6. The highest BCUT2D eigenvalue weighted by molar-refractivity contribution is 7.89. The third-order valence-corrected chi connectivity index (χ3v) is 9.00. The van der Waals surface area contributed by atoms with Gasteiger partial charge in [-0.15, -0.1) is 0 Å². The predicted molar refractivity (Wildman–Crippen MR) is 130 cm³/mol. The third kappa shape index (κ3) is 4.84. The van der Waals surface area contributed by atoms with E-state index in [2.05, 4.69) is 29.6 Å². The van der Waals surface area contributed by atoms with Gasteiger partial charge in [-0.1, -0.05) is 43.1 Å². The van der Waals surface area contributed by atoms with Crippen molar-refractivity contribution >= 4 is 21.6 Å². The fourth-order valence-corrected chi connectivity index (χ4v) is 6.38. The summed E-state index contributed by atoms with van der Waals surface area (Å²) in [5.74, 6) is 0.840. The Balaban J connectivity index is 1.49. The van der Waals surface area contributed by atoms with E-state index < -0.39 is 15.3 Å². The molecule has 1 saturated carbocycles. The van der Waals surface area contributed by atoms with E-state index in [-0.39, 0.29) is 11.5 Å². The van der Waals surface area contributed by atoms with E-state index in [9.17, 15) is 8.42 Å². The molecule has 2 unspecified atom stereocenters. The first-order chi connectivity index (χ1) is 15.3. The van der Waals surface area contributed by atoms with Crippen LogP contribution in [0.3, 0.4) is 0 Å². The molecular weight excluding hydrogens is 444 g/mol. The summed E-state index contributed by atoms with van der Waals surface area (Å²) in [7, 11) is -3.49. The molecule has 4 rings (SSSR count). The molecule has 0 aromatic heterocycles. The maximum absolute atomic E-state index is 11.6. The van der Waals surface area contributed by atoms with Gasteiger partial charge in [0.1, 0.15) is 5.75 Å². The lowest BCUT2D eigenvalue weighted by atomic mass is 9.58. The molecule has 5 nitrogen and oxygen atoms in total. The highest BCUT2D eigenvalue weighted by Crippen LogP contribution is 2.53. The molecule has 32 heavy (non-hydrogen) atoms. The lowest BCUT2D eigenvalue weighted by Crippen LogP contribution is -2.49. The first-order valence-corrected chi connectivity index (χ1v) is 13.6. The van der Waals surface area contributed by atoms with Crippen LogP contribution in [0.15, 0.2) is 42.5 Å². The van der Waals surface area contributed by atoms with Crippen LogP contribution in [0.25, 0.3) is 0 Å². The zero-order valence-electron chi connectivity index (χ0n) is 18.6. The average Bonchev–Trinajstić information content (AvgIpc) is 2.73. The van der Waals surface area contributed by atoms with Crippen LogP contribution in [-0.4, -0.2) is 26.8 Å². The summed E-state index contributed by atoms with van der Waals surface area (Å²) < 4.78 is 29.3. The maximum Gasteiger partial charge on any atom is 0.211 e. The molecule has 1 aliphatic carbocycles. The van der Waals surface area contributed by atoms with Gasteiger partial charge in [-0.3, -0.25) is 0 Å². The van der Waals surface area contributed by atoms with Gasteiger partial charge in [-0.2, -0.15) is 0 Å². The van der Waals surface area contributed by atoms with Gasteiger partial charge in [0.25, 0.3) is 0 Å². The normalized spacial score (nSPS) is 20.8. The van der Waals surface area contributed by atoms with Crippen LogP contribution >= 0.6 is 11.6 Å². The highest BCUT2D eigenvalue weighted by atomic mass is 35.5. The van der Waals surface area contributed by atoms with E-state index in [0.717, 1.165) is 36.6 Å². The Kier molecular flexibility index (Phi) is 7.15. The molecule has 3 N–H and O–H groups in total. The van der Waals surface area contributed by atoms with Crippen LogP contribution in [0.1, 0.15) is 68.2 Å². The number of hydrogen-bond acceptors (Lipinski definition) is 4. The van der Waals surface area contributed by atoms with Gasteiger partial charge >= 0.3 is 0 Å². The number of rotatable bonds is 9. The average molecular weight is 477 g/mol. The summed E-state index contributed by atoms with van der Waals surface area (Å²) in [6.45, 7) is 3.30. The minimum absolute atomic E-state index is 0.0855. The van der Waals surface area contributed by atoms with Crippen molar-refractivity contribution in [3.8, 4) is 5.75 Å². The van der Waals surface area contributed by atoms with Gasteiger partial charge in [0.05, 0.1) is 11.9 Å². The largest absolute Gasteiger partial charge is 0.494 e. The van der Waals surface area contributed by atoms with E-state index in [0.29, 0.717) is 25.9 Å². The molecule has 1 heterocycles. The van der Waals surface area contributed by atoms with Crippen LogP contribution in [-0.2, 0) is 21.9 Å². The van der Waals surface area contributed by atoms with E-state index in [1.54, 1.807) is 0 Å². The Labute approximate surface area is 196 Å². The second kappa shape index (κ2) is 9.72. The van der Waals surface area contributed by atoms with Gasteiger partial charge < -0.3 is 10.1 Å². The summed E-state index contributed by atoms with van der Waals surface area (Å²) in [5, 5.41) is 9.37. The van der Waals surface area contributed by atoms with Crippen molar-refractivity contribution in [2.24, 2.45) is 5.14 Å². The number of benzene rings is 2. The topological polar surface area (TPSA) is 81.4 Å². The van der Waals surface area contributed by atoms with Crippen molar-refractivity contribution in [3.63, 3.8) is 0 Å². The quantitative estimate of drug-likeness (QED) is 0.505. The lowest BCUT2D eigenvalue weighted by Gasteiger charge is -2.50. The molecule has 1 aliphatic heterocycles. The van der Waals surface area contributed by atoms with Gasteiger partial charge in [-0.25, -0.2) is 13.6 Å². The number of nitrogens with one attached hydrogen (secondary N) is 1. The zero-order chi connectivity index (χ0) is 22.8. The zero-order valence-corrected chi connectivity index (χ0v) is 20.2. The number of nitrogens with two attached hydrogens (primary N) is 1. The maximum atomic E-state index is 11.6. The van der Waals surface area contributed by atoms with Crippen LogP contribution in [0.2, 0.25) is 5.02 Å². The van der Waals surface area contributed by atoms with E-state index in [4.69, 9.17) is 21.5 Å². The van der Waals surface area contributed by atoms with Crippen LogP contribution in [0.5, 0.6) is 5.75 Å². The second-order valence-corrected chi connectivity index (χ2v) is 11.4. The molecular formula is C25H33ClN2O3S. The Morgan fingerprint density at radius 3 is 2.59 bits per heavy atom. The van der Waals surface area contributed by atoms with Crippen LogP contribution < -0.4 is 15.2 Å². The highest BCUT2D eigenvalue weighted by Gasteiger charge is 2.47. The molecule has 2 atom stereocenters. The van der Waals surface area contributed by atoms with Crippen molar-refractivity contribution in [2.45, 2.75) is 68.6 Å². The minimum atomic E-state index is -3.49.